The van der Waals surface area contributed by atoms with E-state index in [1.807, 2.05) is 109 Å². The summed E-state index contributed by atoms with van der Waals surface area (Å²) in [5.74, 6) is 5.32. The molecule has 2 heterocycles. The van der Waals surface area contributed by atoms with Gasteiger partial charge in [0.1, 0.15) is 92.6 Å². The molecule has 2 aliphatic rings. The highest BCUT2D eigenvalue weighted by atomic mass is 19.4. The molecule has 9 rings (SSSR count). The van der Waals surface area contributed by atoms with Crippen molar-refractivity contribution < 1.29 is 108 Å². The zero-order valence-corrected chi connectivity index (χ0v) is 77.1. The van der Waals surface area contributed by atoms with Gasteiger partial charge in [0.2, 0.25) is 0 Å². The summed E-state index contributed by atoms with van der Waals surface area (Å²) in [5, 5.41) is 55.2. The van der Waals surface area contributed by atoms with Crippen LogP contribution < -0.4 is 33.2 Å². The van der Waals surface area contributed by atoms with Gasteiger partial charge in [0.05, 0.1) is 42.1 Å². The summed E-state index contributed by atoms with van der Waals surface area (Å²) in [5.41, 5.74) is 4.45. The van der Waals surface area contributed by atoms with E-state index in [1.165, 1.54) is 91.6 Å². The van der Waals surface area contributed by atoms with E-state index in [-0.39, 0.29) is 84.7 Å². The molecule has 5 atom stereocenters. The van der Waals surface area contributed by atoms with Gasteiger partial charge in [-0.2, -0.15) is 26.3 Å². The number of ether oxygens (including phenoxy) is 7. The number of aliphatic hydroxyl groups is 6. The molecule has 125 heavy (non-hydrogen) atoms. The number of benzene rings is 7. The van der Waals surface area contributed by atoms with E-state index in [9.17, 15) is 64.3 Å². The molecule has 0 aliphatic carbocycles. The van der Waals surface area contributed by atoms with Crippen molar-refractivity contribution >= 4 is 0 Å². The van der Waals surface area contributed by atoms with Crippen molar-refractivity contribution in [3.63, 3.8) is 0 Å². The first-order valence-corrected chi connectivity index (χ1v) is 44.5. The van der Waals surface area contributed by atoms with Gasteiger partial charge in [-0.15, -0.1) is 0 Å². The highest BCUT2D eigenvalue weighted by Gasteiger charge is 2.36. The van der Waals surface area contributed by atoms with Gasteiger partial charge in [0.15, 0.2) is 0 Å². The van der Waals surface area contributed by atoms with Crippen LogP contribution in [0.4, 0.5) is 43.9 Å². The normalized spacial score (nSPS) is 14.4. The Kier molecular flexibility index (Phi) is 52.8. The number of halogens is 10. The van der Waals surface area contributed by atoms with E-state index in [1.54, 1.807) is 58.9 Å². The third-order valence-electron chi connectivity index (χ3n) is 20.9. The Morgan fingerprint density at radius 3 is 1.08 bits per heavy atom. The Morgan fingerprint density at radius 2 is 0.664 bits per heavy atom. The summed E-state index contributed by atoms with van der Waals surface area (Å²) in [6.45, 7) is 43.0. The average Bonchev–Trinajstić information content (AvgIpc) is 0.815. The van der Waals surface area contributed by atoms with Crippen molar-refractivity contribution in [1.29, 1.82) is 0 Å². The second kappa shape index (κ2) is 59.3. The summed E-state index contributed by atoms with van der Waals surface area (Å²) in [6.07, 6.45) is -6.33. The quantitative estimate of drug-likeness (QED) is 0.0201. The zero-order valence-electron chi connectivity index (χ0n) is 77.1. The topological polar surface area (TPSA) is 192 Å². The number of piperidine rings is 2. The smallest absolute Gasteiger partial charge is 0.416 e. The molecule has 0 radical (unpaired) electrons. The molecule has 6 N–H and O–H groups in total. The first kappa shape index (κ1) is 111. The predicted molar refractivity (Wildman–Crippen MR) is 481 cm³/mol. The molecule has 2 aliphatic heterocycles. The Balaban J connectivity index is 0.000000378. The molecule has 2 saturated heterocycles. The molecular formula is C100H146F10N2O13. The number of nitrogens with zero attached hydrogens (tertiary/aromatic N) is 2. The van der Waals surface area contributed by atoms with Crippen molar-refractivity contribution in [2.24, 2.45) is 0 Å². The molecule has 5 unspecified atom stereocenters. The fourth-order valence-electron chi connectivity index (χ4n) is 12.9. The lowest BCUT2D eigenvalue weighted by Gasteiger charge is -2.26. The Labute approximate surface area is 739 Å². The lowest BCUT2D eigenvalue weighted by molar-refractivity contribution is -0.139. The first-order valence-electron chi connectivity index (χ1n) is 44.5. The summed E-state index contributed by atoms with van der Waals surface area (Å²) >= 11 is 0. The summed E-state index contributed by atoms with van der Waals surface area (Å²) in [4.78, 5) is 4.75. The molecule has 0 aromatic heterocycles. The van der Waals surface area contributed by atoms with Gasteiger partial charge in [-0.05, 0) is 249 Å². The highest BCUT2D eigenvalue weighted by molar-refractivity contribution is 5.43. The highest BCUT2D eigenvalue weighted by Crippen LogP contribution is 2.40. The van der Waals surface area contributed by atoms with E-state index in [0.29, 0.717) is 96.7 Å². The lowest BCUT2D eigenvalue weighted by atomic mass is 9.96. The van der Waals surface area contributed by atoms with Crippen molar-refractivity contribution in [3.05, 3.63) is 207 Å². The maximum atomic E-state index is 13.0. The van der Waals surface area contributed by atoms with Gasteiger partial charge < -0.3 is 63.8 Å². The number of aliphatic hydroxyl groups excluding tert-OH is 6. The van der Waals surface area contributed by atoms with Crippen molar-refractivity contribution in [3.8, 4) is 40.2 Å². The average molecular weight is 1770 g/mol. The van der Waals surface area contributed by atoms with Crippen LogP contribution in [0.5, 0.6) is 40.2 Å². The summed E-state index contributed by atoms with van der Waals surface area (Å²) in [6, 6.07) is 41.4. The van der Waals surface area contributed by atoms with Gasteiger partial charge in [0.25, 0.3) is 12.9 Å². The van der Waals surface area contributed by atoms with Crippen molar-refractivity contribution in [1.82, 2.24) is 9.80 Å². The van der Waals surface area contributed by atoms with E-state index in [0.717, 1.165) is 75.7 Å². The maximum Gasteiger partial charge on any atom is 0.416 e. The minimum atomic E-state index is -4.40. The van der Waals surface area contributed by atoms with Crippen LogP contribution in [0.15, 0.2) is 146 Å². The van der Waals surface area contributed by atoms with E-state index < -0.39 is 54.6 Å². The van der Waals surface area contributed by atoms with Crippen LogP contribution in [0, 0.1) is 0 Å². The summed E-state index contributed by atoms with van der Waals surface area (Å²) < 4.78 is 168. The molecule has 25 heteroatoms. The van der Waals surface area contributed by atoms with E-state index in [4.69, 9.17) is 43.4 Å². The third kappa shape index (κ3) is 43.7. The number of rotatable bonds is 37. The molecular weight excluding hydrogens is 1630 g/mol. The zero-order chi connectivity index (χ0) is 93.5. The second-order valence-electron chi connectivity index (χ2n) is 33.6. The van der Waals surface area contributed by atoms with Crippen LogP contribution in [0.25, 0.3) is 0 Å². The van der Waals surface area contributed by atoms with E-state index >= 15 is 0 Å². The second-order valence-corrected chi connectivity index (χ2v) is 33.6. The number of hydrogen-bond acceptors (Lipinski definition) is 15. The molecule has 0 bridgehead atoms. The van der Waals surface area contributed by atoms with Gasteiger partial charge in [-0.25, -0.2) is 17.6 Å². The molecule has 7 aromatic rings. The molecule has 704 valence electrons. The fraction of sp³-hybridized carbons (Fsp3) is 0.580. The number of likely N-dealkylation sites (tertiary alicyclic amines) is 2. The van der Waals surface area contributed by atoms with Crippen molar-refractivity contribution in [2.45, 2.75) is 286 Å². The Morgan fingerprint density at radius 1 is 0.304 bits per heavy atom. The monoisotopic (exact) mass is 1770 g/mol. The molecule has 15 nitrogen and oxygen atoms in total. The molecule has 0 spiro atoms. The number of para-hydroxylation sites is 1. The predicted octanol–water partition coefficient (Wildman–Crippen LogP) is 24.6. The minimum absolute atomic E-state index is 0.00514. The maximum absolute atomic E-state index is 13.0. The third-order valence-corrected chi connectivity index (χ3v) is 20.9. The van der Waals surface area contributed by atoms with Crippen LogP contribution >= 0.6 is 0 Å². The first-order chi connectivity index (χ1) is 59.1. The lowest BCUT2D eigenvalue weighted by Crippen LogP contribution is -2.33. The fourth-order valence-corrected chi connectivity index (χ4v) is 12.9. The molecule has 0 amide bonds. The largest absolute Gasteiger partial charge is 0.492 e. The SMILES string of the molecule is CC(C)c1cc(OCCN2CCCCC2)ccc1C(F)(F)F.CC(C)c1cc(OCCN2CCCCC2)ccc1C(F)F.CC(C)c1ccc(OCC(O)CO)cc1.CCC(O)COc1ccc(C(C)C)c(C(F)(F)F)c1.CCC(O)COc1ccc(C(C)C)c(C(F)F)c1.CCC(O)COc1cccc(C(C)C)c1.CCC(O)COc1ccccc1C(C)C. The van der Waals surface area contributed by atoms with Gasteiger partial charge in [-0.1, -0.05) is 192 Å². The van der Waals surface area contributed by atoms with Crippen LogP contribution in [0.3, 0.4) is 0 Å². The van der Waals surface area contributed by atoms with Crippen LogP contribution in [-0.2, 0) is 12.4 Å². The van der Waals surface area contributed by atoms with Gasteiger partial charge in [-0.3, -0.25) is 9.80 Å². The molecule has 2 fully saturated rings. The number of hydrogen-bond donors (Lipinski definition) is 6. The molecule has 7 aromatic carbocycles. The van der Waals surface area contributed by atoms with Gasteiger partial charge in [0, 0.05) is 24.2 Å². The molecule has 0 saturated carbocycles. The Bertz CT molecular complexity index is 4020. The van der Waals surface area contributed by atoms with Crippen LogP contribution in [0.1, 0.15) is 304 Å². The Hall–Kier alpha value is -7.88. The summed E-state index contributed by atoms with van der Waals surface area (Å²) in [7, 11) is 0. The van der Waals surface area contributed by atoms with Crippen LogP contribution in [0.2, 0.25) is 0 Å². The van der Waals surface area contributed by atoms with Crippen molar-refractivity contribution in [2.75, 3.05) is 92.1 Å². The number of alkyl halides is 10. The van der Waals surface area contributed by atoms with Crippen LogP contribution in [-0.4, -0.2) is 163 Å². The van der Waals surface area contributed by atoms with Gasteiger partial charge >= 0.3 is 12.4 Å². The van der Waals surface area contributed by atoms with E-state index in [2.05, 4.69) is 63.5 Å². The standard InChI is InChI=1S/C17H24F3NO.C17H25F2NO.C14H19F3O2.C14H20F2O2.2C13H20O2.C12H18O3/c1-13(2)15-12-14(6-7-16(15)17(18,19)20)22-11-10-21-8-4-3-5-9-21;1-13(2)16-12-14(6-7-15(16)17(18)19)21-11-10-20-8-4-3-5-9-20;1-4-10(18)8-19-11-5-6-12(9(2)3)13(7-11)14(15,16)17;1-4-10(17)8-18-11-5-6-12(9(2)3)13(7-11)14(15)16;1-4-12(14)9-15-13-7-5-6-11(8-13)10(2)3;1-4-11(14)9-15-13-8-6-5-7-12(13)10(2)3;1-9(2)10-3-5-12(6-4-10)15-8-11(14)7-13/h6-7,12-13H,3-5,8-11H2,1-2H3;6-7,12-13,17H,3-5,8-11H2,1-2H3;5-7,9-10,18H,4,8H2,1-3H3;5-7,9-10,14,17H,4,8H2,1-3H3;5-8,10,12,14H,4,9H2,1-3H3;5-8,10-11,14H,4,9H2,1-3H3;3-6,9,11,13-14H,7-8H2,1-2H3. The minimum Gasteiger partial charge on any atom is -0.492 e.